The van der Waals surface area contributed by atoms with Crippen molar-refractivity contribution in [3.8, 4) is 17.2 Å². The summed E-state index contributed by atoms with van der Waals surface area (Å²) in [7, 11) is 0. The molecular weight excluding hydrogens is 487 g/mol. The second-order valence-corrected chi connectivity index (χ2v) is 10.1. The largest absolute Gasteiger partial charge is 0.451 e. The molecule has 8 nitrogen and oxygen atoms in total. The Hall–Kier alpha value is -3.95. The minimum Gasteiger partial charge on any atom is -0.451 e. The molecule has 4 heterocycles. The Morgan fingerprint density at radius 1 is 1.08 bits per heavy atom. The minimum atomic E-state index is -0.537. The molecule has 3 aliphatic heterocycles. The van der Waals surface area contributed by atoms with Gasteiger partial charge in [0, 0.05) is 45.0 Å². The highest BCUT2D eigenvalue weighted by molar-refractivity contribution is 6.02. The zero-order valence-corrected chi connectivity index (χ0v) is 21.0. The molecule has 2 fully saturated rings. The Bertz CT molecular complexity index is 1680. The highest BCUT2D eigenvalue weighted by Crippen LogP contribution is 2.47. The van der Waals surface area contributed by atoms with Gasteiger partial charge in [-0.25, -0.2) is 4.39 Å². The predicted octanol–water partition coefficient (Wildman–Crippen LogP) is 3.66. The van der Waals surface area contributed by atoms with Gasteiger partial charge in [-0.05, 0) is 35.9 Å². The topological polar surface area (TPSA) is 76.0 Å². The molecule has 1 atom stereocenters. The van der Waals surface area contributed by atoms with Crippen molar-refractivity contribution in [2.24, 2.45) is 0 Å². The summed E-state index contributed by atoms with van der Waals surface area (Å²) in [5, 5.41) is 5.48. The molecule has 3 aliphatic rings. The molecule has 4 aromatic rings. The number of morpholine rings is 1. The monoisotopic (exact) mass is 514 g/mol. The third kappa shape index (κ3) is 3.57. The van der Waals surface area contributed by atoms with Gasteiger partial charge in [-0.1, -0.05) is 24.3 Å². The Morgan fingerprint density at radius 3 is 2.61 bits per heavy atom. The van der Waals surface area contributed by atoms with Crippen molar-refractivity contribution in [2.75, 3.05) is 50.8 Å². The number of fused-ring (bicyclic) bond motifs is 3. The molecule has 7 rings (SSSR count). The molecule has 1 amide bonds. The molecule has 0 spiro atoms. The van der Waals surface area contributed by atoms with Crippen LogP contribution in [0.25, 0.3) is 27.4 Å². The average molecular weight is 515 g/mol. The summed E-state index contributed by atoms with van der Waals surface area (Å²) < 4.78 is 29.6. The summed E-state index contributed by atoms with van der Waals surface area (Å²) in [6.07, 6.45) is 1.60. The van der Waals surface area contributed by atoms with E-state index in [9.17, 15) is 9.59 Å². The second kappa shape index (κ2) is 8.82. The van der Waals surface area contributed by atoms with Crippen LogP contribution in [-0.4, -0.2) is 67.4 Å². The summed E-state index contributed by atoms with van der Waals surface area (Å²) in [5.74, 6) is -0.0643. The number of ether oxygens (including phenoxy) is 2. The molecule has 1 aromatic heterocycles. The van der Waals surface area contributed by atoms with Gasteiger partial charge in [0.25, 0.3) is 5.91 Å². The van der Waals surface area contributed by atoms with E-state index in [4.69, 9.17) is 9.47 Å². The van der Waals surface area contributed by atoms with Crippen LogP contribution in [0.15, 0.2) is 53.5 Å². The summed E-state index contributed by atoms with van der Waals surface area (Å²) in [6, 6.07) is 13.3. The fraction of sp³-hybridized carbons (Fsp3) is 0.310. The first-order chi connectivity index (χ1) is 18.5. The number of hydrogen-bond donors (Lipinski definition) is 1. The molecular formula is C29H27FN4O4. The Morgan fingerprint density at radius 2 is 1.84 bits per heavy atom. The molecule has 2 saturated heterocycles. The van der Waals surface area contributed by atoms with Gasteiger partial charge in [0.1, 0.15) is 16.8 Å². The number of nitrogens with zero attached hydrogens (tertiary/aromatic N) is 3. The first-order valence-corrected chi connectivity index (χ1v) is 13.0. The van der Waals surface area contributed by atoms with Crippen LogP contribution in [0.3, 0.4) is 0 Å². The van der Waals surface area contributed by atoms with Crippen LogP contribution < -0.4 is 20.4 Å². The number of benzene rings is 3. The highest BCUT2D eigenvalue weighted by Gasteiger charge is 2.33. The van der Waals surface area contributed by atoms with E-state index in [1.54, 1.807) is 11.1 Å². The van der Waals surface area contributed by atoms with Gasteiger partial charge in [0.2, 0.25) is 5.43 Å². The summed E-state index contributed by atoms with van der Waals surface area (Å²) in [6.45, 7) is 5.60. The number of halogens is 1. The average Bonchev–Trinajstić information content (AvgIpc) is 2.93. The van der Waals surface area contributed by atoms with E-state index >= 15 is 4.39 Å². The van der Waals surface area contributed by atoms with Crippen molar-refractivity contribution in [2.45, 2.75) is 13.0 Å². The molecule has 0 bridgehead atoms. The number of piperazine rings is 1. The minimum absolute atomic E-state index is 0.00861. The van der Waals surface area contributed by atoms with E-state index in [0.29, 0.717) is 74.3 Å². The van der Waals surface area contributed by atoms with Crippen LogP contribution in [0.1, 0.15) is 17.3 Å². The van der Waals surface area contributed by atoms with Crippen LogP contribution in [0.2, 0.25) is 0 Å². The molecule has 1 N–H and O–H groups in total. The number of rotatable bonds is 2. The Kier molecular flexibility index (Phi) is 5.38. The molecule has 0 saturated carbocycles. The standard InChI is InChI=1S/C29H27FN4O4/c1-17-15-33(7-6-31-17)26-22(30)14-20-25-28(26)38-24-13-19-5-3-2-4-18(19)12-23(24)34(25)16-21(27(20)35)29(36)32-8-10-37-11-9-32/h2-5,12-14,16-17,31H,6-11,15H2,1H3. The van der Waals surface area contributed by atoms with Gasteiger partial charge in [-0.2, -0.15) is 0 Å². The van der Waals surface area contributed by atoms with Gasteiger partial charge in [0.15, 0.2) is 17.3 Å². The van der Waals surface area contributed by atoms with E-state index in [1.807, 2.05) is 45.9 Å². The third-order valence-electron chi connectivity index (χ3n) is 7.68. The van der Waals surface area contributed by atoms with Crippen LogP contribution >= 0.6 is 0 Å². The van der Waals surface area contributed by atoms with Crippen molar-refractivity contribution in [1.29, 1.82) is 0 Å². The number of aromatic nitrogens is 1. The maximum atomic E-state index is 15.9. The molecule has 1 unspecified atom stereocenters. The van der Waals surface area contributed by atoms with Gasteiger partial charge >= 0.3 is 0 Å². The summed E-state index contributed by atoms with van der Waals surface area (Å²) in [4.78, 5) is 30.8. The van der Waals surface area contributed by atoms with E-state index < -0.39 is 11.2 Å². The van der Waals surface area contributed by atoms with Crippen LogP contribution in [-0.2, 0) is 4.74 Å². The molecule has 38 heavy (non-hydrogen) atoms. The molecule has 0 radical (unpaired) electrons. The molecule has 9 heteroatoms. The van der Waals surface area contributed by atoms with Crippen molar-refractivity contribution in [3.05, 3.63) is 70.3 Å². The van der Waals surface area contributed by atoms with E-state index in [2.05, 4.69) is 12.2 Å². The zero-order chi connectivity index (χ0) is 26.0. The number of carbonyl (C=O) groups excluding carboxylic acids is 1. The maximum absolute atomic E-state index is 15.9. The Labute approximate surface area is 218 Å². The van der Waals surface area contributed by atoms with E-state index in [1.165, 1.54) is 6.07 Å². The van der Waals surface area contributed by atoms with Gasteiger partial charge in [-0.3, -0.25) is 9.59 Å². The normalized spacial score (nSPS) is 18.9. The molecule has 3 aromatic carbocycles. The first kappa shape index (κ1) is 23.2. The van der Waals surface area contributed by atoms with Gasteiger partial charge in [0.05, 0.1) is 24.3 Å². The van der Waals surface area contributed by atoms with Crippen molar-refractivity contribution >= 4 is 33.3 Å². The number of hydrogen-bond acceptors (Lipinski definition) is 6. The maximum Gasteiger partial charge on any atom is 0.259 e. The fourth-order valence-electron chi connectivity index (χ4n) is 5.81. The molecule has 194 valence electrons. The lowest BCUT2D eigenvalue weighted by atomic mass is 10.0. The lowest BCUT2D eigenvalue weighted by Gasteiger charge is -2.36. The predicted molar refractivity (Wildman–Crippen MR) is 143 cm³/mol. The number of pyridine rings is 1. The van der Waals surface area contributed by atoms with Crippen LogP contribution in [0.5, 0.6) is 11.5 Å². The van der Waals surface area contributed by atoms with Gasteiger partial charge < -0.3 is 29.2 Å². The number of nitrogens with one attached hydrogen (secondary N) is 1. The van der Waals surface area contributed by atoms with Crippen molar-refractivity contribution in [3.63, 3.8) is 0 Å². The smallest absolute Gasteiger partial charge is 0.259 e. The lowest BCUT2D eigenvalue weighted by Crippen LogP contribution is -2.49. The summed E-state index contributed by atoms with van der Waals surface area (Å²) in [5.41, 5.74) is 1.02. The van der Waals surface area contributed by atoms with E-state index in [-0.39, 0.29) is 22.9 Å². The lowest BCUT2D eigenvalue weighted by molar-refractivity contribution is 0.0302. The zero-order valence-electron chi connectivity index (χ0n) is 21.0. The van der Waals surface area contributed by atoms with Crippen LogP contribution in [0, 0.1) is 5.82 Å². The number of amides is 1. The van der Waals surface area contributed by atoms with Crippen molar-refractivity contribution in [1.82, 2.24) is 14.8 Å². The highest BCUT2D eigenvalue weighted by atomic mass is 19.1. The molecule has 0 aliphatic carbocycles. The third-order valence-corrected chi connectivity index (χ3v) is 7.68. The van der Waals surface area contributed by atoms with Crippen molar-refractivity contribution < 1.29 is 18.7 Å². The second-order valence-electron chi connectivity index (χ2n) is 10.1. The van der Waals surface area contributed by atoms with E-state index in [0.717, 1.165) is 10.8 Å². The Balaban J connectivity index is 1.52. The fourth-order valence-corrected chi connectivity index (χ4v) is 5.81. The van der Waals surface area contributed by atoms with Gasteiger partial charge in [-0.15, -0.1) is 0 Å². The van der Waals surface area contributed by atoms with Crippen LogP contribution in [0.4, 0.5) is 10.1 Å². The summed E-state index contributed by atoms with van der Waals surface area (Å²) >= 11 is 0. The number of anilines is 1. The number of carbonyl (C=O) groups is 1. The SMILES string of the molecule is CC1CN(c2c(F)cc3c(=O)c(C(=O)N4CCOCC4)cn4c3c2Oc2cc3ccccc3cc2-4)CCN1. The first-order valence-electron chi connectivity index (χ1n) is 13.0. The quantitative estimate of drug-likeness (QED) is 0.388.